The van der Waals surface area contributed by atoms with Crippen LogP contribution in [0.4, 0.5) is 4.79 Å². The van der Waals surface area contributed by atoms with Crippen LogP contribution >= 0.6 is 0 Å². The lowest BCUT2D eigenvalue weighted by Gasteiger charge is -2.47. The van der Waals surface area contributed by atoms with Crippen molar-refractivity contribution in [3.8, 4) is 0 Å². The molecule has 5 heterocycles. The zero-order valence-corrected chi connectivity index (χ0v) is 64.2. The fourth-order valence-corrected chi connectivity index (χ4v) is 14.7. The fraction of sp³-hybridized carbons (Fsp3) is 0.641. The van der Waals surface area contributed by atoms with Crippen LogP contribution < -0.4 is 0 Å². The molecular weight excluding hydrogens is 1330 g/mol. The molecule has 0 saturated carbocycles. The molecule has 7 rings (SSSR count). The SMILES string of the molecule is CC[C@H]1OC(=O)[C@H](C)C(=O)[C@H](C)[C@@H](O[C@@H]2O[C@H](C)C[C@H](N(C)C)[C@H]2OC(=O)c2ccccc2)[C@@](C)(OC)C[C@@H](C)C(=O)/C(C)=C/[C@]1(C)O.CC[C@H]1OC(=O)[C@H](C)C(=O)[C@H](C)[C@@H](O[C@@H]2O[C@H](C)C[C@H](N(C)C)[C@H]2OC(=O)c2ccccc2)[C@@](C)(OC)C[C@@H](C)C(=O)/C(C)=C/[C@]1(C)OC(=O)n1ccnc1. The van der Waals surface area contributed by atoms with Gasteiger partial charge in [0.25, 0.3) is 0 Å². The predicted molar refractivity (Wildman–Crippen MR) is 380 cm³/mol. The Bertz CT molecular complexity index is 3470. The van der Waals surface area contributed by atoms with Gasteiger partial charge in [-0.25, -0.2) is 23.9 Å². The first-order valence-electron chi connectivity index (χ1n) is 35.7. The number of hydrogen-bond acceptors (Lipinski definition) is 24. The fourth-order valence-electron chi connectivity index (χ4n) is 14.7. The smallest absolute Gasteiger partial charge is 0.420 e. The molecule has 25 nitrogen and oxygen atoms in total. The zero-order valence-electron chi connectivity index (χ0n) is 64.2. The van der Waals surface area contributed by atoms with E-state index in [2.05, 4.69) is 4.98 Å². The standard InChI is InChI=1S/C41H57N3O11.C37H55NO10/c1-12-31-40(7,55-39(49)44-19-18-42-23-44)21-24(2)32(45)25(3)22-41(8,50-11)35(27(5)33(46)28(6)36(47)52-31)54-38-34(30(43(9)10)20-26(4)51-38)53-37(48)29-16-14-13-15-17-29;1-12-28-36(7,43)19-21(2)29(39)22(3)20-37(8,44-11)32(24(5)30(40)25(6)33(41)46-28)48-35-31(27(38(9)10)18-23(4)45-35)47-34(42)26-16-14-13-15-17-26/h13-19,21,23,25-28,30-31,34-35,38H,12,20,22H2,1-11H3;13-17,19,22-25,27-28,31-32,35,43H,12,18,20H2,1-11H3/b24-21+;21-19+/t25-,26-,27+,28-,30+,31-,34-,35-,38+,40+,41+;22-,23-,24+,25-,27+,28-,31-,32-,35+,36+,37+/m11/s1. The molecule has 3 aromatic rings. The van der Waals surface area contributed by atoms with Crippen LogP contribution in [-0.4, -0.2) is 216 Å². The van der Waals surface area contributed by atoms with E-state index < -0.39 is 149 Å². The number of cyclic esters (lactones) is 2. The second kappa shape index (κ2) is 36.2. The molecule has 4 aliphatic heterocycles. The molecule has 570 valence electrons. The summed E-state index contributed by atoms with van der Waals surface area (Å²) in [6, 6.07) is 16.6. The lowest BCUT2D eigenvalue weighted by atomic mass is 9.77. The third kappa shape index (κ3) is 20.7. The van der Waals surface area contributed by atoms with Crippen LogP contribution in [0.15, 0.2) is 103 Å². The van der Waals surface area contributed by atoms with Gasteiger partial charge in [-0.2, -0.15) is 0 Å². The second-order valence-electron chi connectivity index (χ2n) is 29.6. The number of nitrogens with zero attached hydrogens (tertiary/aromatic N) is 4. The van der Waals surface area contributed by atoms with Gasteiger partial charge in [0.1, 0.15) is 36.0 Å². The van der Waals surface area contributed by atoms with E-state index >= 15 is 0 Å². The van der Waals surface area contributed by atoms with E-state index in [1.165, 1.54) is 65.9 Å². The highest BCUT2D eigenvalue weighted by Crippen LogP contribution is 2.41. The molecule has 103 heavy (non-hydrogen) atoms. The number of ether oxygens (including phenoxy) is 11. The maximum absolute atomic E-state index is 14.4. The summed E-state index contributed by atoms with van der Waals surface area (Å²) in [5, 5.41) is 11.3. The minimum Gasteiger partial charge on any atom is -0.458 e. The summed E-state index contributed by atoms with van der Waals surface area (Å²) in [6.45, 7) is 26.7. The number of ketones is 4. The largest absolute Gasteiger partial charge is 0.458 e. The third-order valence-corrected chi connectivity index (χ3v) is 20.8. The molecule has 0 amide bonds. The summed E-state index contributed by atoms with van der Waals surface area (Å²) < 4.78 is 69.5. The van der Waals surface area contributed by atoms with Crippen molar-refractivity contribution < 1.29 is 100 Å². The lowest BCUT2D eigenvalue weighted by Crippen LogP contribution is -2.60. The van der Waals surface area contributed by atoms with E-state index in [9.17, 15) is 48.3 Å². The summed E-state index contributed by atoms with van der Waals surface area (Å²) in [4.78, 5) is 131. The number of aliphatic hydroxyl groups is 1. The van der Waals surface area contributed by atoms with Gasteiger partial charge in [0.15, 0.2) is 53.5 Å². The number of allylic oxidation sites excluding steroid dienone is 2. The Kier molecular flexibility index (Phi) is 29.8. The molecule has 1 aromatic heterocycles. The average molecular weight is 1440 g/mol. The zero-order chi connectivity index (χ0) is 77.0. The average Bonchev–Trinajstić information content (AvgIpc) is 0.865. The monoisotopic (exact) mass is 1440 g/mol. The first kappa shape index (κ1) is 84.7. The van der Waals surface area contributed by atoms with E-state index in [-0.39, 0.29) is 67.1 Å². The number of carbonyl (C=O) groups is 9. The van der Waals surface area contributed by atoms with Crippen LogP contribution in [0.1, 0.15) is 170 Å². The number of benzene rings is 2. The Hall–Kier alpha value is -7.20. The van der Waals surface area contributed by atoms with Gasteiger partial charge in [-0.15, -0.1) is 0 Å². The number of carbonyl (C=O) groups excluding carboxylic acids is 9. The number of rotatable bonds is 15. The minimum absolute atomic E-state index is 0.0746. The van der Waals surface area contributed by atoms with Crippen molar-refractivity contribution in [3.63, 3.8) is 0 Å². The van der Waals surface area contributed by atoms with Crippen molar-refractivity contribution >= 4 is 53.1 Å². The summed E-state index contributed by atoms with van der Waals surface area (Å²) >= 11 is 0. The van der Waals surface area contributed by atoms with Crippen molar-refractivity contribution in [1.29, 1.82) is 0 Å². The Morgan fingerprint density at radius 3 is 1.34 bits per heavy atom. The maximum atomic E-state index is 14.4. The first-order valence-corrected chi connectivity index (χ1v) is 35.7. The molecule has 1 N–H and O–H groups in total. The van der Waals surface area contributed by atoms with Crippen molar-refractivity contribution in [1.82, 2.24) is 19.4 Å². The van der Waals surface area contributed by atoms with Gasteiger partial charge in [-0.05, 0) is 184 Å². The Morgan fingerprint density at radius 2 is 0.981 bits per heavy atom. The lowest BCUT2D eigenvalue weighted by molar-refractivity contribution is -0.294. The Balaban J connectivity index is 0.000000327. The molecule has 4 aliphatic rings. The van der Waals surface area contributed by atoms with Crippen LogP contribution in [0.5, 0.6) is 0 Å². The van der Waals surface area contributed by atoms with Gasteiger partial charge in [0, 0.05) is 50.3 Å². The molecule has 0 aliphatic carbocycles. The summed E-state index contributed by atoms with van der Waals surface area (Å²) in [7, 11) is 10.5. The number of Topliss-reactive ketones (excluding diaryl/α,β-unsaturated/α-hetero) is 4. The molecule has 25 heteroatoms. The molecule has 0 bridgehead atoms. The van der Waals surface area contributed by atoms with Crippen molar-refractivity contribution in [2.75, 3.05) is 42.4 Å². The Morgan fingerprint density at radius 1 is 0.592 bits per heavy atom. The van der Waals surface area contributed by atoms with Gasteiger partial charge in [0.2, 0.25) is 0 Å². The first-order chi connectivity index (χ1) is 48.2. The van der Waals surface area contributed by atoms with Gasteiger partial charge < -0.3 is 67.0 Å². The van der Waals surface area contributed by atoms with Gasteiger partial charge in [-0.3, -0.25) is 28.8 Å². The number of esters is 4. The topological polar surface area (TPSA) is 300 Å². The van der Waals surface area contributed by atoms with Crippen LogP contribution in [-0.2, 0) is 80.9 Å². The number of hydrogen-bond donors (Lipinski definition) is 1. The quantitative estimate of drug-likeness (QED) is 0.0840. The maximum Gasteiger partial charge on any atom is 0.420 e. The number of aromatic nitrogens is 2. The van der Waals surface area contributed by atoms with Crippen molar-refractivity contribution in [2.45, 2.75) is 245 Å². The van der Waals surface area contributed by atoms with E-state index in [1.54, 1.807) is 137 Å². The van der Waals surface area contributed by atoms with Gasteiger partial charge >= 0.3 is 30.0 Å². The van der Waals surface area contributed by atoms with Crippen LogP contribution in [0.25, 0.3) is 0 Å². The molecular formula is C78H112N4O21. The minimum atomic E-state index is -1.65. The van der Waals surface area contributed by atoms with Crippen LogP contribution in [0.2, 0.25) is 0 Å². The highest BCUT2D eigenvalue weighted by atomic mass is 16.7. The number of likely N-dealkylation sites (N-methyl/N-ethyl adjacent to an activating group) is 2. The van der Waals surface area contributed by atoms with Gasteiger partial charge in [-0.1, -0.05) is 77.9 Å². The number of imidazole rings is 1. The molecule has 2 fully saturated rings. The van der Waals surface area contributed by atoms with Crippen molar-refractivity contribution in [3.05, 3.63) is 114 Å². The van der Waals surface area contributed by atoms with Crippen LogP contribution in [0, 0.1) is 35.5 Å². The number of methoxy groups -OCH3 is 2. The molecule has 0 radical (unpaired) electrons. The molecule has 2 saturated heterocycles. The highest BCUT2D eigenvalue weighted by molar-refractivity contribution is 6.01. The van der Waals surface area contributed by atoms with E-state index in [0.717, 1.165) is 4.57 Å². The Labute approximate surface area is 607 Å². The van der Waals surface area contributed by atoms with E-state index in [1.807, 2.05) is 51.8 Å². The second-order valence-corrected chi connectivity index (χ2v) is 29.6. The molecule has 0 spiro atoms. The summed E-state index contributed by atoms with van der Waals surface area (Å²) in [6.07, 6.45) is -1.08. The van der Waals surface area contributed by atoms with Crippen molar-refractivity contribution in [2.24, 2.45) is 35.5 Å². The predicted octanol–water partition coefficient (Wildman–Crippen LogP) is 9.96. The summed E-state index contributed by atoms with van der Waals surface area (Å²) in [5.74, 6) is -10.1. The highest BCUT2D eigenvalue weighted by Gasteiger charge is 2.54. The van der Waals surface area contributed by atoms with E-state index in [4.69, 9.17) is 52.1 Å². The third-order valence-electron chi connectivity index (χ3n) is 20.8. The van der Waals surface area contributed by atoms with E-state index in [0.29, 0.717) is 29.5 Å². The summed E-state index contributed by atoms with van der Waals surface area (Å²) in [5.41, 5.74) is -4.57. The van der Waals surface area contributed by atoms with Crippen LogP contribution in [0.3, 0.4) is 0 Å². The normalized spacial score (nSPS) is 36.6. The molecule has 0 unspecified atom stereocenters. The molecule has 22 atom stereocenters. The molecule has 2 aromatic carbocycles. The van der Waals surface area contributed by atoms with Gasteiger partial charge in [0.05, 0.1) is 58.8 Å².